The van der Waals surface area contributed by atoms with Crippen molar-refractivity contribution in [2.75, 3.05) is 18.2 Å². The van der Waals surface area contributed by atoms with Crippen molar-refractivity contribution >= 4 is 27.5 Å². The molecule has 1 unspecified atom stereocenters. The van der Waals surface area contributed by atoms with Crippen LogP contribution in [0.5, 0.6) is 5.75 Å². The Bertz CT molecular complexity index is 1500. The lowest BCUT2D eigenvalue weighted by atomic mass is 9.98. The molecule has 1 amide bonds. The topological polar surface area (TPSA) is 103 Å². The van der Waals surface area contributed by atoms with E-state index < -0.39 is 33.1 Å². The molecular weight excluding hydrogens is 526 g/mol. The number of halogens is 2. The molecule has 3 aromatic rings. The number of anilines is 2. The van der Waals surface area contributed by atoms with Crippen LogP contribution in [0.1, 0.15) is 51.2 Å². The minimum absolute atomic E-state index is 0.0351. The van der Waals surface area contributed by atoms with Gasteiger partial charge in [0.25, 0.3) is 0 Å². The number of rotatable bonds is 2. The van der Waals surface area contributed by atoms with Crippen LogP contribution >= 0.6 is 0 Å². The van der Waals surface area contributed by atoms with Crippen LogP contribution in [0.4, 0.5) is 25.2 Å². The summed E-state index contributed by atoms with van der Waals surface area (Å²) in [5, 5.41) is 3.06. The summed E-state index contributed by atoms with van der Waals surface area (Å²) in [6, 6.07) is 9.43. The zero-order chi connectivity index (χ0) is 28.2. The maximum absolute atomic E-state index is 14.8. The molecule has 0 saturated heterocycles. The maximum atomic E-state index is 14.8. The number of aromatic nitrogens is 2. The monoisotopic (exact) mass is 558 g/mol. The molecular formula is C28H32F2N4O4S. The van der Waals surface area contributed by atoms with Crippen LogP contribution in [0, 0.1) is 11.6 Å². The molecule has 8 nitrogen and oxygen atoms in total. The lowest BCUT2D eigenvalue weighted by molar-refractivity contribution is 0.0607. The Balaban J connectivity index is 1.70. The molecule has 0 saturated carbocycles. The van der Waals surface area contributed by atoms with Crippen LogP contribution in [0.3, 0.4) is 0 Å². The minimum Gasteiger partial charge on any atom is -0.494 e. The normalized spacial score (nSPS) is 15.3. The standard InChI is InChI=1S/C28H32F2N4O4S/c1-28(2,3)38-27(35)34-39(4,36)17-18-12-21-15-22(13-18)37-11-7-5-6-8-19-14-20(29)9-10-23(19)25-24(30)16-31-26(32-21)33-25/h9-10,12-16H,5-8,11,17H2,1-4H3,(H,31,32,33). The molecule has 2 aromatic carbocycles. The Labute approximate surface area is 227 Å². The highest BCUT2D eigenvalue weighted by Crippen LogP contribution is 2.30. The predicted octanol–water partition coefficient (Wildman–Crippen LogP) is 6.80. The lowest BCUT2D eigenvalue weighted by Gasteiger charge is -2.17. The van der Waals surface area contributed by atoms with Crippen molar-refractivity contribution in [1.29, 1.82) is 0 Å². The molecule has 208 valence electrons. The van der Waals surface area contributed by atoms with Crippen molar-refractivity contribution in [2.45, 2.75) is 57.8 Å². The van der Waals surface area contributed by atoms with Gasteiger partial charge in [-0.25, -0.2) is 27.8 Å². The molecule has 1 aliphatic rings. The van der Waals surface area contributed by atoms with E-state index in [1.165, 1.54) is 24.5 Å². The highest BCUT2D eigenvalue weighted by atomic mass is 32.2. The van der Waals surface area contributed by atoms with Crippen molar-refractivity contribution in [3.05, 3.63) is 65.4 Å². The Morgan fingerprint density at radius 3 is 2.72 bits per heavy atom. The number of nitrogens with zero attached hydrogens (tertiary/aromatic N) is 3. The third-order valence-corrected chi connectivity index (χ3v) is 7.15. The Morgan fingerprint density at radius 2 is 1.95 bits per heavy atom. The third-order valence-electron chi connectivity index (χ3n) is 5.74. The van der Waals surface area contributed by atoms with Crippen molar-refractivity contribution in [2.24, 2.45) is 4.36 Å². The zero-order valence-electron chi connectivity index (χ0n) is 22.4. The van der Waals surface area contributed by atoms with Gasteiger partial charge in [-0.2, -0.15) is 0 Å². The van der Waals surface area contributed by atoms with E-state index >= 15 is 0 Å². The summed E-state index contributed by atoms with van der Waals surface area (Å²) in [7, 11) is -2.98. The summed E-state index contributed by atoms with van der Waals surface area (Å²) in [6.07, 6.45) is 4.45. The fraction of sp³-hybridized carbons (Fsp3) is 0.393. The summed E-state index contributed by atoms with van der Waals surface area (Å²) in [5.41, 5.74) is 1.60. The number of fused-ring (bicyclic) bond motifs is 6. The first-order chi connectivity index (χ1) is 18.4. The lowest BCUT2D eigenvalue weighted by Crippen LogP contribution is -2.22. The second-order valence-corrected chi connectivity index (χ2v) is 12.9. The van der Waals surface area contributed by atoms with Gasteiger partial charge in [0.05, 0.1) is 28.3 Å². The predicted molar refractivity (Wildman–Crippen MR) is 147 cm³/mol. The number of carbonyl (C=O) groups is 1. The number of carbonyl (C=O) groups excluding carboxylic acids is 1. The molecule has 1 atom stereocenters. The number of nitrogens with one attached hydrogen (secondary N) is 1. The van der Waals surface area contributed by atoms with Gasteiger partial charge < -0.3 is 14.8 Å². The molecule has 0 radical (unpaired) electrons. The van der Waals surface area contributed by atoms with Crippen LogP contribution in [-0.2, 0) is 26.6 Å². The fourth-order valence-corrected chi connectivity index (χ4v) is 5.41. The summed E-state index contributed by atoms with van der Waals surface area (Å²) in [4.78, 5) is 20.6. The molecule has 4 bridgehead atoms. The summed E-state index contributed by atoms with van der Waals surface area (Å²) >= 11 is 0. The van der Waals surface area contributed by atoms with Gasteiger partial charge in [0.15, 0.2) is 5.82 Å². The Hall–Kier alpha value is -3.60. The van der Waals surface area contributed by atoms with E-state index in [2.05, 4.69) is 19.6 Å². The maximum Gasteiger partial charge on any atom is 0.442 e. The number of aryl methyl sites for hydroxylation is 1. The second-order valence-electron chi connectivity index (χ2n) is 10.5. The molecule has 4 rings (SSSR count). The zero-order valence-corrected chi connectivity index (χ0v) is 23.2. The average Bonchev–Trinajstić information content (AvgIpc) is 2.80. The van der Waals surface area contributed by atoms with Crippen LogP contribution in [0.25, 0.3) is 11.3 Å². The van der Waals surface area contributed by atoms with Crippen LogP contribution in [0.2, 0.25) is 0 Å². The third kappa shape index (κ3) is 8.19. The van der Waals surface area contributed by atoms with Crippen LogP contribution in [0.15, 0.2) is 47.0 Å². The molecule has 2 heterocycles. The molecule has 11 heteroatoms. The van der Waals surface area contributed by atoms with Gasteiger partial charge in [-0.15, -0.1) is 4.36 Å². The summed E-state index contributed by atoms with van der Waals surface area (Å²) in [6.45, 7) is 5.55. The van der Waals surface area contributed by atoms with E-state index in [1.807, 2.05) is 0 Å². The van der Waals surface area contributed by atoms with Gasteiger partial charge in [0.1, 0.15) is 22.9 Å². The van der Waals surface area contributed by atoms with Gasteiger partial charge in [-0.3, -0.25) is 0 Å². The number of hydrogen-bond acceptors (Lipinski definition) is 7. The van der Waals surface area contributed by atoms with Gasteiger partial charge in [0, 0.05) is 23.6 Å². The molecule has 1 aromatic heterocycles. The second kappa shape index (κ2) is 11.6. The summed E-state index contributed by atoms with van der Waals surface area (Å²) in [5.74, 6) is -0.408. The van der Waals surface area contributed by atoms with Gasteiger partial charge in [0.2, 0.25) is 5.95 Å². The fourth-order valence-electron chi connectivity index (χ4n) is 4.21. The van der Waals surface area contributed by atoms with E-state index in [1.54, 1.807) is 39.0 Å². The molecule has 0 spiro atoms. The first-order valence-electron chi connectivity index (χ1n) is 12.6. The van der Waals surface area contributed by atoms with Crippen molar-refractivity contribution in [3.8, 4) is 17.0 Å². The average molecular weight is 559 g/mol. The SMILES string of the molecule is CC(C)(C)OC(=O)N=S(C)(=O)Cc1cc2cc(c1)OCCCCCc1cc(F)ccc1-c1nc(ncc1F)N2. The van der Waals surface area contributed by atoms with Crippen molar-refractivity contribution < 1.29 is 27.3 Å². The number of benzene rings is 2. The molecule has 1 aliphatic heterocycles. The van der Waals surface area contributed by atoms with Crippen molar-refractivity contribution in [1.82, 2.24) is 9.97 Å². The van der Waals surface area contributed by atoms with Crippen molar-refractivity contribution in [3.63, 3.8) is 0 Å². The molecule has 0 fully saturated rings. The first-order valence-corrected chi connectivity index (χ1v) is 14.7. The molecule has 0 aliphatic carbocycles. The smallest absolute Gasteiger partial charge is 0.442 e. The summed E-state index contributed by atoms with van der Waals surface area (Å²) < 4.78 is 57.0. The minimum atomic E-state index is -2.98. The van der Waals surface area contributed by atoms with E-state index in [0.29, 0.717) is 41.2 Å². The largest absolute Gasteiger partial charge is 0.494 e. The quantitative estimate of drug-likeness (QED) is 0.369. The van der Waals surface area contributed by atoms with Gasteiger partial charge >= 0.3 is 6.09 Å². The van der Waals surface area contributed by atoms with E-state index in [9.17, 15) is 17.8 Å². The molecule has 1 N–H and O–H groups in total. The number of amides is 1. The van der Waals surface area contributed by atoms with Crippen LogP contribution in [-0.4, -0.2) is 38.7 Å². The van der Waals surface area contributed by atoms with E-state index in [4.69, 9.17) is 9.47 Å². The molecule has 39 heavy (non-hydrogen) atoms. The first kappa shape index (κ1) is 28.4. The van der Waals surface area contributed by atoms with E-state index in [-0.39, 0.29) is 17.4 Å². The van der Waals surface area contributed by atoms with Gasteiger partial charge in [-0.1, -0.05) is 0 Å². The Kier molecular flexibility index (Phi) is 8.48. The number of ether oxygens (including phenoxy) is 2. The highest BCUT2D eigenvalue weighted by molar-refractivity contribution is 7.92. The van der Waals surface area contributed by atoms with E-state index in [0.717, 1.165) is 25.5 Å². The highest BCUT2D eigenvalue weighted by Gasteiger charge is 2.19. The Morgan fingerprint density at radius 1 is 1.15 bits per heavy atom. The number of hydrogen-bond donors (Lipinski definition) is 1. The van der Waals surface area contributed by atoms with Gasteiger partial charge in [-0.05, 0) is 87.9 Å². The van der Waals surface area contributed by atoms with Crippen LogP contribution < -0.4 is 10.1 Å².